The van der Waals surface area contributed by atoms with Crippen LogP contribution in [0.15, 0.2) is 12.7 Å². The average molecular weight is 192 g/mol. The molecule has 0 aliphatic heterocycles. The molecule has 0 spiro atoms. The fourth-order valence-electron chi connectivity index (χ4n) is 2.31. The Bertz CT molecular complexity index is 217. The van der Waals surface area contributed by atoms with Crippen molar-refractivity contribution in [3.63, 3.8) is 0 Å². The summed E-state index contributed by atoms with van der Waals surface area (Å²) in [7, 11) is 0. The highest BCUT2D eigenvalue weighted by atomic mass is 14.9. The lowest BCUT2D eigenvalue weighted by Crippen LogP contribution is -2.37. The minimum Gasteiger partial charge on any atom is -0.298 e. The number of rotatable bonds is 4. The van der Waals surface area contributed by atoms with Gasteiger partial charge in [-0.1, -0.05) is 25.8 Å². The molecule has 0 aromatic heterocycles. The maximum absolute atomic E-state index is 9.04. The Morgan fingerprint density at radius 2 is 2.43 bits per heavy atom. The van der Waals surface area contributed by atoms with Crippen molar-refractivity contribution in [2.45, 2.75) is 38.6 Å². The Hall–Kier alpha value is -0.810. The Labute approximate surface area is 87.0 Å². The molecule has 1 saturated carbocycles. The Kier molecular flexibility index (Phi) is 4.69. The SMILES string of the molecule is C=CCNC(C#N)C1CCCC(C)C1. The topological polar surface area (TPSA) is 35.8 Å². The van der Waals surface area contributed by atoms with Gasteiger partial charge in [0, 0.05) is 6.54 Å². The maximum Gasteiger partial charge on any atom is 0.0983 e. The lowest BCUT2D eigenvalue weighted by Gasteiger charge is -2.30. The van der Waals surface area contributed by atoms with Crippen molar-refractivity contribution in [1.82, 2.24) is 5.32 Å². The van der Waals surface area contributed by atoms with E-state index >= 15 is 0 Å². The predicted octanol–water partition coefficient (Wildman–Crippen LogP) is 2.48. The van der Waals surface area contributed by atoms with Crippen molar-refractivity contribution >= 4 is 0 Å². The lowest BCUT2D eigenvalue weighted by molar-refractivity contribution is 0.251. The first-order valence-electron chi connectivity index (χ1n) is 5.51. The largest absolute Gasteiger partial charge is 0.298 e. The van der Waals surface area contributed by atoms with Crippen LogP contribution in [0.4, 0.5) is 0 Å². The molecule has 3 atom stereocenters. The van der Waals surface area contributed by atoms with Gasteiger partial charge in [-0.2, -0.15) is 5.26 Å². The first-order valence-corrected chi connectivity index (χ1v) is 5.51. The smallest absolute Gasteiger partial charge is 0.0983 e. The second kappa shape index (κ2) is 5.82. The number of hydrogen-bond donors (Lipinski definition) is 1. The third kappa shape index (κ3) is 3.16. The Morgan fingerprint density at radius 3 is 3.00 bits per heavy atom. The first kappa shape index (κ1) is 11.3. The molecule has 0 aromatic carbocycles. The molecule has 0 amide bonds. The number of hydrogen-bond acceptors (Lipinski definition) is 2. The molecule has 1 aliphatic carbocycles. The summed E-state index contributed by atoms with van der Waals surface area (Å²) in [5, 5.41) is 12.3. The van der Waals surface area contributed by atoms with Crippen molar-refractivity contribution in [3.8, 4) is 6.07 Å². The van der Waals surface area contributed by atoms with Crippen molar-refractivity contribution in [2.75, 3.05) is 6.54 Å². The molecule has 1 N–H and O–H groups in total. The summed E-state index contributed by atoms with van der Waals surface area (Å²) in [6.07, 6.45) is 6.82. The molecule has 0 bridgehead atoms. The molecular formula is C12H20N2. The van der Waals surface area contributed by atoms with Crippen LogP contribution in [0.1, 0.15) is 32.6 Å². The fraction of sp³-hybridized carbons (Fsp3) is 0.750. The molecule has 2 nitrogen and oxygen atoms in total. The van der Waals surface area contributed by atoms with Gasteiger partial charge in [0.05, 0.1) is 12.1 Å². The van der Waals surface area contributed by atoms with Gasteiger partial charge in [-0.25, -0.2) is 0 Å². The van der Waals surface area contributed by atoms with Crippen LogP contribution in [0.5, 0.6) is 0 Å². The van der Waals surface area contributed by atoms with Gasteiger partial charge in [-0.3, -0.25) is 5.32 Å². The Balaban J connectivity index is 2.43. The third-order valence-electron chi connectivity index (χ3n) is 3.07. The number of nitriles is 1. The zero-order chi connectivity index (χ0) is 10.4. The van der Waals surface area contributed by atoms with Crippen LogP contribution in [0.25, 0.3) is 0 Å². The van der Waals surface area contributed by atoms with Crippen LogP contribution in [0.3, 0.4) is 0 Å². The standard InChI is InChI=1S/C12H20N2/c1-3-7-14-12(9-13)11-6-4-5-10(2)8-11/h3,10-12,14H,1,4-8H2,2H3. The van der Waals surface area contributed by atoms with E-state index < -0.39 is 0 Å². The minimum absolute atomic E-state index is 0.0238. The van der Waals surface area contributed by atoms with E-state index in [0.717, 1.165) is 12.5 Å². The fourth-order valence-corrected chi connectivity index (χ4v) is 2.31. The highest BCUT2D eigenvalue weighted by Crippen LogP contribution is 2.30. The van der Waals surface area contributed by atoms with E-state index in [2.05, 4.69) is 24.9 Å². The summed E-state index contributed by atoms with van der Waals surface area (Å²) >= 11 is 0. The van der Waals surface area contributed by atoms with E-state index in [1.165, 1.54) is 25.7 Å². The summed E-state index contributed by atoms with van der Waals surface area (Å²) < 4.78 is 0. The van der Waals surface area contributed by atoms with Gasteiger partial charge in [0.1, 0.15) is 0 Å². The second-order valence-corrected chi connectivity index (χ2v) is 4.34. The van der Waals surface area contributed by atoms with Gasteiger partial charge in [-0.05, 0) is 24.7 Å². The van der Waals surface area contributed by atoms with Gasteiger partial charge in [0.25, 0.3) is 0 Å². The van der Waals surface area contributed by atoms with Gasteiger partial charge >= 0.3 is 0 Å². The molecule has 0 heterocycles. The minimum atomic E-state index is 0.0238. The van der Waals surface area contributed by atoms with Gasteiger partial charge in [-0.15, -0.1) is 6.58 Å². The number of nitrogens with one attached hydrogen (secondary N) is 1. The molecule has 1 rings (SSSR count). The van der Waals surface area contributed by atoms with Crippen molar-refractivity contribution in [1.29, 1.82) is 5.26 Å². The molecule has 14 heavy (non-hydrogen) atoms. The molecule has 0 radical (unpaired) electrons. The molecule has 0 aromatic rings. The van der Waals surface area contributed by atoms with Crippen LogP contribution in [-0.2, 0) is 0 Å². The average Bonchev–Trinajstić information content (AvgIpc) is 2.19. The van der Waals surface area contributed by atoms with Gasteiger partial charge < -0.3 is 0 Å². The number of nitrogens with zero attached hydrogens (tertiary/aromatic N) is 1. The first-order chi connectivity index (χ1) is 6.77. The van der Waals surface area contributed by atoms with Gasteiger partial charge in [0.15, 0.2) is 0 Å². The second-order valence-electron chi connectivity index (χ2n) is 4.34. The van der Waals surface area contributed by atoms with Crippen molar-refractivity contribution in [3.05, 3.63) is 12.7 Å². The van der Waals surface area contributed by atoms with E-state index in [9.17, 15) is 0 Å². The highest BCUT2D eigenvalue weighted by Gasteiger charge is 2.25. The Morgan fingerprint density at radius 1 is 1.64 bits per heavy atom. The van der Waals surface area contributed by atoms with Crippen LogP contribution in [0.2, 0.25) is 0 Å². The molecule has 1 aliphatic rings. The summed E-state index contributed by atoms with van der Waals surface area (Å²) in [6, 6.07) is 2.39. The molecule has 2 heteroatoms. The zero-order valence-corrected chi connectivity index (χ0v) is 9.00. The summed E-state index contributed by atoms with van der Waals surface area (Å²) in [4.78, 5) is 0. The quantitative estimate of drug-likeness (QED) is 0.695. The lowest BCUT2D eigenvalue weighted by atomic mass is 9.79. The van der Waals surface area contributed by atoms with Crippen LogP contribution >= 0.6 is 0 Å². The van der Waals surface area contributed by atoms with E-state index in [1.807, 2.05) is 6.08 Å². The van der Waals surface area contributed by atoms with Crippen LogP contribution in [0, 0.1) is 23.2 Å². The maximum atomic E-state index is 9.04. The van der Waals surface area contributed by atoms with E-state index in [0.29, 0.717) is 5.92 Å². The normalized spacial score (nSPS) is 29.1. The highest BCUT2D eigenvalue weighted by molar-refractivity contribution is 4.97. The predicted molar refractivity (Wildman–Crippen MR) is 58.7 cm³/mol. The summed E-state index contributed by atoms with van der Waals surface area (Å²) in [6.45, 7) is 6.68. The third-order valence-corrected chi connectivity index (χ3v) is 3.07. The van der Waals surface area contributed by atoms with Crippen molar-refractivity contribution in [2.24, 2.45) is 11.8 Å². The molecule has 3 unspecified atom stereocenters. The summed E-state index contributed by atoms with van der Waals surface area (Å²) in [5.41, 5.74) is 0. The van der Waals surface area contributed by atoms with E-state index in [-0.39, 0.29) is 6.04 Å². The molecule has 78 valence electrons. The van der Waals surface area contributed by atoms with E-state index in [4.69, 9.17) is 5.26 Å². The van der Waals surface area contributed by atoms with E-state index in [1.54, 1.807) is 0 Å². The van der Waals surface area contributed by atoms with Crippen LogP contribution in [-0.4, -0.2) is 12.6 Å². The van der Waals surface area contributed by atoms with Crippen LogP contribution < -0.4 is 5.32 Å². The monoisotopic (exact) mass is 192 g/mol. The molecular weight excluding hydrogens is 172 g/mol. The van der Waals surface area contributed by atoms with Crippen molar-refractivity contribution < 1.29 is 0 Å². The summed E-state index contributed by atoms with van der Waals surface area (Å²) in [5.74, 6) is 1.33. The van der Waals surface area contributed by atoms with Gasteiger partial charge in [0.2, 0.25) is 0 Å². The zero-order valence-electron chi connectivity index (χ0n) is 9.00. The molecule has 1 fully saturated rings. The molecule has 0 saturated heterocycles.